The molecule has 0 saturated carbocycles. The number of rotatable bonds is 4. The van der Waals surface area contributed by atoms with Gasteiger partial charge in [-0.25, -0.2) is 9.97 Å². The maximum Gasteiger partial charge on any atom is 0.137 e. The third-order valence-corrected chi connectivity index (χ3v) is 7.02. The number of aromatic nitrogens is 4. The second kappa shape index (κ2) is 8.35. The van der Waals surface area contributed by atoms with Gasteiger partial charge in [0.1, 0.15) is 23.6 Å². The van der Waals surface area contributed by atoms with Crippen molar-refractivity contribution >= 4 is 32.8 Å². The van der Waals surface area contributed by atoms with Crippen molar-refractivity contribution in [2.45, 2.75) is 13.8 Å². The number of ether oxygens (including phenoxy) is 1. The summed E-state index contributed by atoms with van der Waals surface area (Å²) < 4.78 is 10.7. The lowest BCUT2D eigenvalue weighted by Crippen LogP contribution is -1.96. The van der Waals surface area contributed by atoms with Gasteiger partial charge in [-0.3, -0.25) is 9.13 Å². The fourth-order valence-corrected chi connectivity index (χ4v) is 5.05. The summed E-state index contributed by atoms with van der Waals surface area (Å²) in [6, 6.07) is 33.1. The Morgan fingerprint density at radius 3 is 2.32 bits per heavy atom. The van der Waals surface area contributed by atoms with Crippen molar-refractivity contribution in [1.82, 2.24) is 19.1 Å². The molecule has 5 heteroatoms. The van der Waals surface area contributed by atoms with E-state index < -0.39 is 0 Å². The number of para-hydroxylation sites is 1. The minimum atomic E-state index is 0.767. The van der Waals surface area contributed by atoms with Gasteiger partial charge in [-0.1, -0.05) is 30.3 Å². The molecule has 0 amide bonds. The van der Waals surface area contributed by atoms with Crippen LogP contribution in [-0.4, -0.2) is 19.1 Å². The van der Waals surface area contributed by atoms with Crippen molar-refractivity contribution in [1.29, 1.82) is 0 Å². The molecule has 37 heavy (non-hydrogen) atoms. The number of benzene rings is 4. The highest BCUT2D eigenvalue weighted by molar-refractivity contribution is 6.09. The van der Waals surface area contributed by atoms with Crippen LogP contribution in [0.4, 0.5) is 0 Å². The largest absolute Gasteiger partial charge is 0.457 e. The van der Waals surface area contributed by atoms with Gasteiger partial charge >= 0.3 is 0 Å². The van der Waals surface area contributed by atoms with E-state index in [0.717, 1.165) is 50.5 Å². The summed E-state index contributed by atoms with van der Waals surface area (Å²) in [7, 11) is 0. The summed E-state index contributed by atoms with van der Waals surface area (Å²) in [4.78, 5) is 9.24. The molecule has 3 aromatic heterocycles. The van der Waals surface area contributed by atoms with Crippen molar-refractivity contribution in [3.05, 3.63) is 121 Å². The Hall–Kier alpha value is -4.90. The smallest absolute Gasteiger partial charge is 0.137 e. The van der Waals surface area contributed by atoms with E-state index in [9.17, 15) is 0 Å². The standard InChI is InChI=1S/C32H24N4O/c1-21-16-28-31(17-22(21)2)35(20-34-28)23-8-7-9-24(18-23)37-25-13-14-27-26-10-3-4-11-29(26)36(30(27)19-25)32-12-5-6-15-33-32/h3-20H,1-2H3. The molecule has 0 fully saturated rings. The first-order valence-corrected chi connectivity index (χ1v) is 12.3. The summed E-state index contributed by atoms with van der Waals surface area (Å²) in [5.74, 6) is 2.42. The van der Waals surface area contributed by atoms with Crippen LogP contribution in [0, 0.1) is 13.8 Å². The molecule has 0 bridgehead atoms. The van der Waals surface area contributed by atoms with Crippen molar-refractivity contribution in [3.8, 4) is 23.0 Å². The van der Waals surface area contributed by atoms with Crippen molar-refractivity contribution in [2.75, 3.05) is 0 Å². The Balaban J connectivity index is 1.31. The normalized spacial score (nSPS) is 11.5. The predicted octanol–water partition coefficient (Wildman–Crippen LogP) is 7.93. The molecular formula is C32H24N4O. The van der Waals surface area contributed by atoms with Crippen LogP contribution < -0.4 is 4.74 Å². The van der Waals surface area contributed by atoms with Crippen LogP contribution in [0.25, 0.3) is 44.3 Å². The Morgan fingerprint density at radius 2 is 1.43 bits per heavy atom. The van der Waals surface area contributed by atoms with Gasteiger partial charge in [0.05, 0.1) is 27.8 Å². The Labute approximate surface area is 214 Å². The Kier molecular flexibility index (Phi) is 4.83. The van der Waals surface area contributed by atoms with Gasteiger partial charge < -0.3 is 4.74 Å². The van der Waals surface area contributed by atoms with E-state index in [1.54, 1.807) is 0 Å². The molecule has 0 atom stereocenters. The molecule has 0 aliphatic rings. The third-order valence-electron chi connectivity index (χ3n) is 7.02. The number of aryl methyl sites for hydroxylation is 2. The summed E-state index contributed by atoms with van der Waals surface area (Å²) in [6.07, 6.45) is 3.70. The number of pyridine rings is 1. The SMILES string of the molecule is Cc1cc2ncn(-c3cccc(Oc4ccc5c6ccccc6n(-c6ccccn6)c5c4)c3)c2cc1C. The van der Waals surface area contributed by atoms with E-state index in [4.69, 9.17) is 4.74 Å². The molecule has 0 N–H and O–H groups in total. The lowest BCUT2D eigenvalue weighted by molar-refractivity contribution is 0.483. The maximum atomic E-state index is 6.40. The molecule has 178 valence electrons. The number of imidazole rings is 1. The molecule has 0 spiro atoms. The summed E-state index contributed by atoms with van der Waals surface area (Å²) in [5.41, 5.74) is 7.75. The molecule has 0 radical (unpaired) electrons. The average Bonchev–Trinajstić information content (AvgIpc) is 3.48. The summed E-state index contributed by atoms with van der Waals surface area (Å²) in [5, 5.41) is 2.35. The third kappa shape index (κ3) is 3.55. The van der Waals surface area contributed by atoms with Gasteiger partial charge in [-0.15, -0.1) is 0 Å². The molecule has 0 aliphatic carbocycles. The molecule has 4 aromatic carbocycles. The van der Waals surface area contributed by atoms with Crippen LogP contribution in [-0.2, 0) is 0 Å². The van der Waals surface area contributed by atoms with Gasteiger partial charge in [-0.05, 0) is 79.6 Å². The second-order valence-electron chi connectivity index (χ2n) is 9.36. The first-order chi connectivity index (χ1) is 18.2. The van der Waals surface area contributed by atoms with E-state index >= 15 is 0 Å². The van der Waals surface area contributed by atoms with E-state index in [1.807, 2.05) is 48.9 Å². The second-order valence-corrected chi connectivity index (χ2v) is 9.36. The fourth-order valence-electron chi connectivity index (χ4n) is 5.05. The van der Waals surface area contributed by atoms with Crippen LogP contribution in [0.2, 0.25) is 0 Å². The zero-order chi connectivity index (χ0) is 24.9. The summed E-state index contributed by atoms with van der Waals surface area (Å²) >= 11 is 0. The van der Waals surface area contributed by atoms with E-state index in [2.05, 4.69) is 93.6 Å². The minimum absolute atomic E-state index is 0.767. The molecular weight excluding hydrogens is 456 g/mol. The first-order valence-electron chi connectivity index (χ1n) is 12.3. The lowest BCUT2D eigenvalue weighted by atomic mass is 10.1. The van der Waals surface area contributed by atoms with Crippen molar-refractivity contribution in [3.63, 3.8) is 0 Å². The predicted molar refractivity (Wildman–Crippen MR) is 149 cm³/mol. The molecule has 3 heterocycles. The molecule has 0 saturated heterocycles. The minimum Gasteiger partial charge on any atom is -0.457 e. The van der Waals surface area contributed by atoms with Gasteiger partial charge in [0.15, 0.2) is 0 Å². The van der Waals surface area contributed by atoms with Gasteiger partial charge in [0.2, 0.25) is 0 Å². The quantitative estimate of drug-likeness (QED) is 0.257. The number of nitrogens with zero attached hydrogens (tertiary/aromatic N) is 4. The zero-order valence-corrected chi connectivity index (χ0v) is 20.6. The maximum absolute atomic E-state index is 6.40. The topological polar surface area (TPSA) is 44.9 Å². The number of fused-ring (bicyclic) bond motifs is 4. The highest BCUT2D eigenvalue weighted by atomic mass is 16.5. The van der Waals surface area contributed by atoms with Crippen LogP contribution >= 0.6 is 0 Å². The average molecular weight is 481 g/mol. The van der Waals surface area contributed by atoms with Gasteiger partial charge in [0, 0.05) is 29.1 Å². The zero-order valence-electron chi connectivity index (χ0n) is 20.6. The number of hydrogen-bond donors (Lipinski definition) is 0. The highest BCUT2D eigenvalue weighted by Gasteiger charge is 2.14. The lowest BCUT2D eigenvalue weighted by Gasteiger charge is -2.11. The summed E-state index contributed by atoms with van der Waals surface area (Å²) in [6.45, 7) is 4.25. The molecule has 5 nitrogen and oxygen atoms in total. The van der Waals surface area contributed by atoms with E-state index in [1.165, 1.54) is 16.5 Å². The van der Waals surface area contributed by atoms with Crippen molar-refractivity contribution < 1.29 is 4.74 Å². The molecule has 7 rings (SSSR count). The number of hydrogen-bond acceptors (Lipinski definition) is 3. The van der Waals surface area contributed by atoms with Gasteiger partial charge in [-0.2, -0.15) is 0 Å². The first kappa shape index (κ1) is 21.4. The molecule has 0 aliphatic heterocycles. The van der Waals surface area contributed by atoms with Crippen molar-refractivity contribution in [2.24, 2.45) is 0 Å². The van der Waals surface area contributed by atoms with Crippen LogP contribution in [0.3, 0.4) is 0 Å². The van der Waals surface area contributed by atoms with E-state index in [-0.39, 0.29) is 0 Å². The Morgan fingerprint density at radius 1 is 0.622 bits per heavy atom. The van der Waals surface area contributed by atoms with Crippen LogP contribution in [0.5, 0.6) is 11.5 Å². The van der Waals surface area contributed by atoms with E-state index in [0.29, 0.717) is 0 Å². The fraction of sp³-hybridized carbons (Fsp3) is 0.0625. The monoisotopic (exact) mass is 480 g/mol. The molecule has 7 aromatic rings. The highest BCUT2D eigenvalue weighted by Crippen LogP contribution is 2.35. The van der Waals surface area contributed by atoms with Crippen LogP contribution in [0.15, 0.2) is 110 Å². The van der Waals surface area contributed by atoms with Gasteiger partial charge in [0.25, 0.3) is 0 Å². The molecule has 0 unspecified atom stereocenters. The van der Waals surface area contributed by atoms with Crippen LogP contribution in [0.1, 0.15) is 11.1 Å². The Bertz CT molecular complexity index is 1930.